The number of nitrogens with two attached hydrogens (primary N) is 1. The Morgan fingerprint density at radius 2 is 1.89 bits per heavy atom. The van der Waals surface area contributed by atoms with E-state index in [1.807, 2.05) is 24.3 Å². The maximum atomic E-state index is 9.34. The second-order valence-electron chi connectivity index (χ2n) is 4.56. The zero-order chi connectivity index (χ0) is 13.9. The lowest BCUT2D eigenvalue weighted by Gasteiger charge is -2.27. The molecule has 0 saturated carbocycles. The van der Waals surface area contributed by atoms with Crippen molar-refractivity contribution in [3.05, 3.63) is 24.3 Å². The van der Waals surface area contributed by atoms with Crippen molar-refractivity contribution in [1.29, 1.82) is 0 Å². The van der Waals surface area contributed by atoms with Gasteiger partial charge in [-0.15, -0.1) is 0 Å². The van der Waals surface area contributed by atoms with Crippen LogP contribution in [0.2, 0.25) is 0 Å². The SMILES string of the molecule is CC(CO)(CO)Nc1nc(NN)nc2ccccc12. The predicted molar refractivity (Wildman–Crippen MR) is 73.5 cm³/mol. The summed E-state index contributed by atoms with van der Waals surface area (Å²) in [6.45, 7) is 1.24. The molecule has 0 spiro atoms. The van der Waals surface area contributed by atoms with Crippen LogP contribution in [0.1, 0.15) is 6.92 Å². The topological polar surface area (TPSA) is 116 Å². The number of nitrogens with zero attached hydrogens (tertiary/aromatic N) is 2. The average molecular weight is 263 g/mol. The van der Waals surface area contributed by atoms with Gasteiger partial charge in [-0.05, 0) is 19.1 Å². The monoisotopic (exact) mass is 263 g/mol. The first kappa shape index (κ1) is 13.5. The van der Waals surface area contributed by atoms with Crippen molar-refractivity contribution in [2.45, 2.75) is 12.5 Å². The molecule has 0 saturated heterocycles. The molecule has 0 aliphatic carbocycles. The van der Waals surface area contributed by atoms with Crippen molar-refractivity contribution in [3.8, 4) is 0 Å². The molecule has 1 heterocycles. The first-order valence-electron chi connectivity index (χ1n) is 5.85. The Bertz CT molecular complexity index is 571. The molecule has 1 aromatic carbocycles. The van der Waals surface area contributed by atoms with Crippen LogP contribution in [0.4, 0.5) is 11.8 Å². The molecule has 0 aliphatic heterocycles. The quantitative estimate of drug-likeness (QED) is 0.383. The van der Waals surface area contributed by atoms with Gasteiger partial charge in [0.1, 0.15) is 5.82 Å². The van der Waals surface area contributed by atoms with Gasteiger partial charge in [0.25, 0.3) is 0 Å². The molecule has 0 radical (unpaired) electrons. The van der Waals surface area contributed by atoms with E-state index in [2.05, 4.69) is 20.7 Å². The fraction of sp³-hybridized carbons (Fsp3) is 0.333. The van der Waals surface area contributed by atoms with Crippen LogP contribution in [0.15, 0.2) is 24.3 Å². The first-order chi connectivity index (χ1) is 9.11. The van der Waals surface area contributed by atoms with Crippen LogP contribution in [0, 0.1) is 0 Å². The standard InChI is InChI=1S/C12H17N5O2/c1-12(6-18,7-19)16-10-8-4-2-3-5-9(8)14-11(15-10)17-13/h2-5,18-19H,6-7,13H2,1H3,(H2,14,15,16,17). The Balaban J connectivity index is 2.51. The van der Waals surface area contributed by atoms with Gasteiger partial charge in [-0.1, -0.05) is 12.1 Å². The van der Waals surface area contributed by atoms with E-state index in [-0.39, 0.29) is 19.2 Å². The minimum absolute atomic E-state index is 0.229. The van der Waals surface area contributed by atoms with Crippen LogP contribution < -0.4 is 16.6 Å². The summed E-state index contributed by atoms with van der Waals surface area (Å²) in [6.07, 6.45) is 0. The molecule has 0 fully saturated rings. The Morgan fingerprint density at radius 1 is 1.21 bits per heavy atom. The summed E-state index contributed by atoms with van der Waals surface area (Å²) in [5.41, 5.74) is 2.24. The molecule has 0 atom stereocenters. The third kappa shape index (κ3) is 2.73. The second kappa shape index (κ2) is 5.35. The number of nitrogens with one attached hydrogen (secondary N) is 2. The first-order valence-corrected chi connectivity index (χ1v) is 5.85. The second-order valence-corrected chi connectivity index (χ2v) is 4.56. The lowest BCUT2D eigenvalue weighted by Crippen LogP contribution is -2.42. The summed E-state index contributed by atoms with van der Waals surface area (Å²) in [4.78, 5) is 8.44. The summed E-state index contributed by atoms with van der Waals surface area (Å²) in [6, 6.07) is 7.41. The minimum atomic E-state index is -0.872. The van der Waals surface area contributed by atoms with E-state index in [4.69, 9.17) is 5.84 Å². The number of benzene rings is 1. The number of aliphatic hydroxyl groups excluding tert-OH is 2. The highest BCUT2D eigenvalue weighted by Gasteiger charge is 2.23. The summed E-state index contributed by atoms with van der Waals surface area (Å²) >= 11 is 0. The van der Waals surface area contributed by atoms with Crippen LogP contribution in [0.5, 0.6) is 0 Å². The summed E-state index contributed by atoms with van der Waals surface area (Å²) in [5, 5.41) is 22.5. The van der Waals surface area contributed by atoms with Crippen molar-refractivity contribution >= 4 is 22.7 Å². The van der Waals surface area contributed by atoms with Gasteiger partial charge in [0.2, 0.25) is 5.95 Å². The van der Waals surface area contributed by atoms with Gasteiger partial charge in [0.15, 0.2) is 0 Å². The molecule has 19 heavy (non-hydrogen) atoms. The number of aromatic nitrogens is 2. The number of aliphatic hydroxyl groups is 2. The summed E-state index contributed by atoms with van der Waals surface area (Å²) in [5.74, 6) is 6.10. The van der Waals surface area contributed by atoms with Crippen molar-refractivity contribution in [3.63, 3.8) is 0 Å². The molecule has 2 aromatic rings. The number of para-hydroxylation sites is 1. The van der Waals surface area contributed by atoms with E-state index >= 15 is 0 Å². The van der Waals surface area contributed by atoms with Crippen molar-refractivity contribution < 1.29 is 10.2 Å². The predicted octanol–water partition coefficient (Wildman–Crippen LogP) is 0.0706. The molecule has 0 bridgehead atoms. The molecular weight excluding hydrogens is 246 g/mol. The van der Waals surface area contributed by atoms with Gasteiger partial charge in [0, 0.05) is 5.39 Å². The Morgan fingerprint density at radius 3 is 2.53 bits per heavy atom. The van der Waals surface area contributed by atoms with E-state index in [0.29, 0.717) is 11.3 Å². The van der Waals surface area contributed by atoms with Crippen LogP contribution >= 0.6 is 0 Å². The number of anilines is 2. The highest BCUT2D eigenvalue weighted by atomic mass is 16.3. The van der Waals surface area contributed by atoms with E-state index in [1.54, 1.807) is 6.92 Å². The van der Waals surface area contributed by atoms with Gasteiger partial charge in [0.05, 0.1) is 24.3 Å². The van der Waals surface area contributed by atoms with E-state index in [0.717, 1.165) is 5.39 Å². The van der Waals surface area contributed by atoms with Crippen LogP contribution in [0.25, 0.3) is 10.9 Å². The van der Waals surface area contributed by atoms with Crippen LogP contribution in [-0.2, 0) is 0 Å². The highest BCUT2D eigenvalue weighted by molar-refractivity contribution is 5.90. The third-order valence-corrected chi connectivity index (χ3v) is 2.85. The van der Waals surface area contributed by atoms with Crippen LogP contribution in [0.3, 0.4) is 0 Å². The van der Waals surface area contributed by atoms with E-state index in [1.165, 1.54) is 0 Å². The summed E-state index contributed by atoms with van der Waals surface area (Å²) in [7, 11) is 0. The Kier molecular flexibility index (Phi) is 3.79. The minimum Gasteiger partial charge on any atom is -0.394 e. The maximum absolute atomic E-state index is 9.34. The van der Waals surface area contributed by atoms with Gasteiger partial charge >= 0.3 is 0 Å². The molecule has 0 amide bonds. The number of nitrogen functional groups attached to an aromatic ring is 1. The van der Waals surface area contributed by atoms with Gasteiger partial charge in [-0.3, -0.25) is 5.43 Å². The Labute approximate surface area is 110 Å². The zero-order valence-electron chi connectivity index (χ0n) is 10.6. The van der Waals surface area contributed by atoms with Crippen molar-refractivity contribution in [1.82, 2.24) is 9.97 Å². The van der Waals surface area contributed by atoms with Crippen molar-refractivity contribution in [2.24, 2.45) is 5.84 Å². The lowest BCUT2D eigenvalue weighted by atomic mass is 10.1. The number of rotatable bonds is 5. The molecule has 7 nitrogen and oxygen atoms in total. The van der Waals surface area contributed by atoms with Crippen LogP contribution in [-0.4, -0.2) is 38.9 Å². The molecule has 2 rings (SSSR count). The molecule has 1 aromatic heterocycles. The fourth-order valence-corrected chi connectivity index (χ4v) is 1.65. The smallest absolute Gasteiger partial charge is 0.239 e. The molecular formula is C12H17N5O2. The summed E-state index contributed by atoms with van der Waals surface area (Å²) < 4.78 is 0. The molecule has 0 unspecified atom stereocenters. The largest absolute Gasteiger partial charge is 0.394 e. The lowest BCUT2D eigenvalue weighted by molar-refractivity contribution is 0.147. The molecule has 102 valence electrons. The van der Waals surface area contributed by atoms with Gasteiger partial charge < -0.3 is 15.5 Å². The normalized spacial score (nSPS) is 11.6. The van der Waals surface area contributed by atoms with E-state index in [9.17, 15) is 10.2 Å². The number of hydrogen-bond donors (Lipinski definition) is 5. The van der Waals surface area contributed by atoms with Crippen molar-refractivity contribution in [2.75, 3.05) is 24.0 Å². The number of hydrazine groups is 1. The average Bonchev–Trinajstić information content (AvgIpc) is 2.46. The van der Waals surface area contributed by atoms with E-state index < -0.39 is 5.54 Å². The van der Waals surface area contributed by atoms with Gasteiger partial charge in [-0.25, -0.2) is 10.8 Å². The third-order valence-electron chi connectivity index (χ3n) is 2.85. The number of hydrogen-bond acceptors (Lipinski definition) is 7. The number of fused-ring (bicyclic) bond motifs is 1. The molecule has 6 N–H and O–H groups in total. The maximum Gasteiger partial charge on any atom is 0.239 e. The molecule has 7 heteroatoms. The van der Waals surface area contributed by atoms with Gasteiger partial charge in [-0.2, -0.15) is 4.98 Å². The highest BCUT2D eigenvalue weighted by Crippen LogP contribution is 2.24. The molecule has 0 aliphatic rings. The fourth-order valence-electron chi connectivity index (χ4n) is 1.65. The Hall–Kier alpha value is -1.96. The zero-order valence-corrected chi connectivity index (χ0v) is 10.6.